The minimum Gasteiger partial charge on any atom is -0.335 e. The van der Waals surface area contributed by atoms with Crippen molar-refractivity contribution >= 4 is 23.5 Å². The Morgan fingerprint density at radius 3 is 2.64 bits per heavy atom. The summed E-state index contributed by atoms with van der Waals surface area (Å²) in [6, 6.07) is 7.19. The van der Waals surface area contributed by atoms with Crippen molar-refractivity contribution < 1.29 is 9.59 Å². The number of carbonyl (C=O) groups is 2. The van der Waals surface area contributed by atoms with Gasteiger partial charge in [-0.05, 0) is 31.4 Å². The maximum absolute atomic E-state index is 11.8. The summed E-state index contributed by atoms with van der Waals surface area (Å²) in [6.45, 7) is 1.98. The molecule has 5 nitrogen and oxygen atoms in total. The number of halogens is 1. The zero-order valence-corrected chi connectivity index (χ0v) is 13.5. The van der Waals surface area contributed by atoms with Crippen LogP contribution in [0.15, 0.2) is 24.3 Å². The fourth-order valence-corrected chi connectivity index (χ4v) is 2.94. The van der Waals surface area contributed by atoms with E-state index in [9.17, 15) is 9.59 Å². The molecule has 1 aliphatic carbocycles. The number of benzene rings is 1. The van der Waals surface area contributed by atoms with Gasteiger partial charge in [-0.1, -0.05) is 42.6 Å². The molecule has 3 N–H and O–H groups in total. The van der Waals surface area contributed by atoms with Crippen LogP contribution in [0.3, 0.4) is 0 Å². The summed E-state index contributed by atoms with van der Waals surface area (Å²) in [7, 11) is 0. The van der Waals surface area contributed by atoms with E-state index in [1.54, 1.807) is 0 Å². The third kappa shape index (κ3) is 5.00. The highest BCUT2D eigenvalue weighted by molar-refractivity contribution is 6.31. The quantitative estimate of drug-likeness (QED) is 0.780. The molecule has 1 atom stereocenters. The largest absolute Gasteiger partial charge is 0.335 e. The maximum atomic E-state index is 11.8. The summed E-state index contributed by atoms with van der Waals surface area (Å²) in [5, 5.41) is 8.88. The smallest absolute Gasteiger partial charge is 0.321 e. The molecule has 3 amide bonds. The topological polar surface area (TPSA) is 70.2 Å². The van der Waals surface area contributed by atoms with E-state index in [4.69, 9.17) is 11.6 Å². The summed E-state index contributed by atoms with van der Waals surface area (Å²) in [4.78, 5) is 23.5. The van der Waals surface area contributed by atoms with Gasteiger partial charge < -0.3 is 10.6 Å². The molecule has 0 heterocycles. The monoisotopic (exact) mass is 323 g/mol. The van der Waals surface area contributed by atoms with Crippen LogP contribution in [0.25, 0.3) is 0 Å². The van der Waals surface area contributed by atoms with Gasteiger partial charge in [-0.15, -0.1) is 0 Å². The lowest BCUT2D eigenvalue weighted by Gasteiger charge is -2.16. The molecule has 1 aliphatic rings. The molecular formula is C16H22ClN3O2. The number of hydrogen-bond acceptors (Lipinski definition) is 3. The Balaban J connectivity index is 1.73. The van der Waals surface area contributed by atoms with Gasteiger partial charge in [0.2, 0.25) is 5.91 Å². The Morgan fingerprint density at radius 1 is 1.27 bits per heavy atom. The molecule has 1 aromatic rings. The Bertz CT molecular complexity index is 530. The average Bonchev–Trinajstić information content (AvgIpc) is 2.98. The van der Waals surface area contributed by atoms with E-state index in [1.807, 2.05) is 31.2 Å². The average molecular weight is 324 g/mol. The number of hydrogen-bond donors (Lipinski definition) is 3. The van der Waals surface area contributed by atoms with Gasteiger partial charge in [0, 0.05) is 17.1 Å². The standard InChI is InChI=1S/C16H22ClN3O2/c1-11(13-8-4-5-9-14(13)17)18-10-15(21)20-16(22)19-12-6-2-3-7-12/h4-5,8-9,11-12,18H,2-3,6-7,10H2,1H3,(H2,19,20,21,22). The van der Waals surface area contributed by atoms with Crippen molar-refractivity contribution in [3.63, 3.8) is 0 Å². The normalized spacial score (nSPS) is 16.3. The number of imide groups is 1. The second-order valence-electron chi connectivity index (χ2n) is 5.63. The lowest BCUT2D eigenvalue weighted by atomic mass is 10.1. The SMILES string of the molecule is CC(NCC(=O)NC(=O)NC1CCCC1)c1ccccc1Cl. The van der Waals surface area contributed by atoms with Crippen molar-refractivity contribution in [3.05, 3.63) is 34.9 Å². The number of nitrogens with one attached hydrogen (secondary N) is 3. The first-order valence-corrected chi connectivity index (χ1v) is 8.02. The first-order chi connectivity index (χ1) is 10.6. The number of rotatable bonds is 5. The highest BCUT2D eigenvalue weighted by Gasteiger charge is 2.18. The van der Waals surface area contributed by atoms with Gasteiger partial charge in [-0.2, -0.15) is 0 Å². The van der Waals surface area contributed by atoms with Crippen LogP contribution in [0.2, 0.25) is 5.02 Å². The van der Waals surface area contributed by atoms with Gasteiger partial charge in [-0.25, -0.2) is 4.79 Å². The number of urea groups is 1. The Morgan fingerprint density at radius 2 is 1.95 bits per heavy atom. The highest BCUT2D eigenvalue weighted by atomic mass is 35.5. The third-order valence-corrected chi connectivity index (χ3v) is 4.23. The zero-order chi connectivity index (χ0) is 15.9. The van der Waals surface area contributed by atoms with Crippen LogP contribution in [0.1, 0.15) is 44.2 Å². The van der Waals surface area contributed by atoms with Crippen molar-refractivity contribution in [2.45, 2.75) is 44.7 Å². The molecule has 6 heteroatoms. The van der Waals surface area contributed by atoms with Crippen molar-refractivity contribution in [3.8, 4) is 0 Å². The lowest BCUT2D eigenvalue weighted by Crippen LogP contribution is -2.46. The van der Waals surface area contributed by atoms with Crippen LogP contribution in [0.4, 0.5) is 4.79 Å². The van der Waals surface area contributed by atoms with Gasteiger partial charge in [0.05, 0.1) is 6.54 Å². The minimum absolute atomic E-state index is 0.0600. The molecule has 0 bridgehead atoms. The van der Waals surface area contributed by atoms with Gasteiger partial charge in [0.15, 0.2) is 0 Å². The van der Waals surface area contributed by atoms with Crippen LogP contribution in [-0.4, -0.2) is 24.5 Å². The van der Waals surface area contributed by atoms with Gasteiger partial charge in [-0.3, -0.25) is 10.1 Å². The summed E-state index contributed by atoms with van der Waals surface area (Å²) in [6.07, 6.45) is 4.25. The third-order valence-electron chi connectivity index (χ3n) is 3.88. The number of carbonyl (C=O) groups excluding carboxylic acids is 2. The summed E-state index contributed by atoms with van der Waals surface area (Å²) in [5.41, 5.74) is 0.923. The lowest BCUT2D eigenvalue weighted by molar-refractivity contribution is -0.119. The van der Waals surface area contributed by atoms with Gasteiger partial charge >= 0.3 is 6.03 Å². The van der Waals surface area contributed by atoms with Crippen LogP contribution in [0, 0.1) is 0 Å². The predicted octanol–water partition coefficient (Wildman–Crippen LogP) is 2.76. The fourth-order valence-electron chi connectivity index (χ4n) is 2.64. The molecule has 0 aliphatic heterocycles. The van der Waals surface area contributed by atoms with E-state index in [1.165, 1.54) is 0 Å². The second kappa shape index (κ2) is 8.15. The molecule has 2 rings (SSSR count). The van der Waals surface area contributed by atoms with Crippen LogP contribution < -0.4 is 16.0 Å². The van der Waals surface area contributed by atoms with E-state index >= 15 is 0 Å². The predicted molar refractivity (Wildman–Crippen MR) is 86.8 cm³/mol. The molecule has 1 aromatic carbocycles. The molecule has 22 heavy (non-hydrogen) atoms. The zero-order valence-electron chi connectivity index (χ0n) is 12.7. The van der Waals surface area contributed by atoms with Crippen LogP contribution >= 0.6 is 11.6 Å². The first-order valence-electron chi connectivity index (χ1n) is 7.64. The van der Waals surface area contributed by atoms with E-state index < -0.39 is 6.03 Å². The second-order valence-corrected chi connectivity index (χ2v) is 6.03. The molecule has 120 valence electrons. The van der Waals surface area contributed by atoms with Crippen molar-refractivity contribution in [1.29, 1.82) is 0 Å². The Labute approximate surface area is 135 Å². The Hall–Kier alpha value is -1.59. The number of amides is 3. The van der Waals surface area contributed by atoms with Crippen LogP contribution in [0.5, 0.6) is 0 Å². The Kier molecular flexibility index (Phi) is 6.21. The van der Waals surface area contributed by atoms with Gasteiger partial charge in [0.25, 0.3) is 0 Å². The van der Waals surface area contributed by atoms with E-state index in [0.29, 0.717) is 5.02 Å². The molecule has 1 saturated carbocycles. The van der Waals surface area contributed by atoms with Gasteiger partial charge in [0.1, 0.15) is 0 Å². The minimum atomic E-state index is -0.413. The molecule has 0 aromatic heterocycles. The fraction of sp³-hybridized carbons (Fsp3) is 0.500. The summed E-state index contributed by atoms with van der Waals surface area (Å²) >= 11 is 6.11. The first kappa shape index (κ1) is 16.8. The molecular weight excluding hydrogens is 302 g/mol. The summed E-state index contributed by atoms with van der Waals surface area (Å²) < 4.78 is 0. The van der Waals surface area contributed by atoms with E-state index in [2.05, 4.69) is 16.0 Å². The highest BCUT2D eigenvalue weighted by Crippen LogP contribution is 2.21. The van der Waals surface area contributed by atoms with E-state index in [0.717, 1.165) is 31.2 Å². The molecule has 0 radical (unpaired) electrons. The molecule has 0 spiro atoms. The van der Waals surface area contributed by atoms with Crippen molar-refractivity contribution in [2.24, 2.45) is 0 Å². The summed E-state index contributed by atoms with van der Waals surface area (Å²) in [5.74, 6) is -0.352. The molecule has 0 saturated heterocycles. The van der Waals surface area contributed by atoms with Crippen molar-refractivity contribution in [1.82, 2.24) is 16.0 Å². The van der Waals surface area contributed by atoms with E-state index in [-0.39, 0.29) is 24.5 Å². The molecule has 1 unspecified atom stereocenters. The van der Waals surface area contributed by atoms with Crippen molar-refractivity contribution in [2.75, 3.05) is 6.54 Å². The molecule has 1 fully saturated rings. The van der Waals surface area contributed by atoms with Crippen LogP contribution in [-0.2, 0) is 4.79 Å². The maximum Gasteiger partial charge on any atom is 0.321 e.